The second-order valence-electron chi connectivity index (χ2n) is 7.36. The molecule has 0 aliphatic carbocycles. The molecule has 0 spiro atoms. The van der Waals surface area contributed by atoms with Gasteiger partial charge in [0.1, 0.15) is 18.2 Å². The highest BCUT2D eigenvalue weighted by Gasteiger charge is 2.12. The summed E-state index contributed by atoms with van der Waals surface area (Å²) in [6.45, 7) is 4.96. The molecule has 158 valence electrons. The summed E-state index contributed by atoms with van der Waals surface area (Å²) in [5.41, 5.74) is 4.15. The fraction of sp³-hybridized carbons (Fsp3) is 0.167. The average molecular weight is 436 g/mol. The van der Waals surface area contributed by atoms with Gasteiger partial charge in [-0.1, -0.05) is 29.8 Å². The standard InChI is InChI=1S/C24H22FN3O2S/c1-16-3-8-21(17(2)11-16)30-14-19-12-22(31-15-19)24(29)26-23-9-10-28(27-23)13-18-4-6-20(25)7-5-18/h3-12,15H,13-14H2,1-2H3,(H,26,27,29). The molecule has 0 saturated heterocycles. The lowest BCUT2D eigenvalue weighted by molar-refractivity contribution is 0.103. The van der Waals surface area contributed by atoms with Gasteiger partial charge in [0.2, 0.25) is 0 Å². The third-order valence-electron chi connectivity index (χ3n) is 4.74. The monoisotopic (exact) mass is 435 g/mol. The molecule has 5 nitrogen and oxygen atoms in total. The predicted octanol–water partition coefficient (Wildman–Crippen LogP) is 5.58. The Morgan fingerprint density at radius 2 is 1.90 bits per heavy atom. The van der Waals surface area contributed by atoms with E-state index in [0.29, 0.717) is 23.8 Å². The molecule has 0 fully saturated rings. The molecule has 2 heterocycles. The average Bonchev–Trinajstić information content (AvgIpc) is 3.39. The van der Waals surface area contributed by atoms with E-state index in [0.717, 1.165) is 22.4 Å². The number of hydrogen-bond donors (Lipinski definition) is 1. The van der Waals surface area contributed by atoms with Gasteiger partial charge in [-0.2, -0.15) is 5.10 Å². The first-order valence-electron chi connectivity index (χ1n) is 9.83. The van der Waals surface area contributed by atoms with Crippen LogP contribution in [0, 0.1) is 19.7 Å². The van der Waals surface area contributed by atoms with Crippen LogP contribution < -0.4 is 10.1 Å². The number of amides is 1. The molecule has 0 aliphatic heterocycles. The Kier molecular flexibility index (Phi) is 6.13. The van der Waals surface area contributed by atoms with Crippen molar-refractivity contribution in [2.75, 3.05) is 5.32 Å². The zero-order chi connectivity index (χ0) is 21.8. The first kappa shape index (κ1) is 20.8. The van der Waals surface area contributed by atoms with Crippen LogP contribution in [0.5, 0.6) is 5.75 Å². The highest BCUT2D eigenvalue weighted by molar-refractivity contribution is 7.12. The summed E-state index contributed by atoms with van der Waals surface area (Å²) in [6.07, 6.45) is 1.77. The van der Waals surface area contributed by atoms with E-state index in [1.807, 2.05) is 37.4 Å². The minimum Gasteiger partial charge on any atom is -0.489 e. The molecule has 0 atom stereocenters. The van der Waals surface area contributed by atoms with Crippen LogP contribution in [0.1, 0.15) is 31.9 Å². The number of rotatable bonds is 7. The molecule has 0 unspecified atom stereocenters. The maximum atomic E-state index is 13.0. The quantitative estimate of drug-likeness (QED) is 0.412. The van der Waals surface area contributed by atoms with E-state index < -0.39 is 0 Å². The number of thiophene rings is 1. The van der Waals surface area contributed by atoms with Crippen LogP contribution in [-0.2, 0) is 13.2 Å². The largest absolute Gasteiger partial charge is 0.489 e. The Bertz CT molecular complexity index is 1200. The topological polar surface area (TPSA) is 56.1 Å². The first-order valence-corrected chi connectivity index (χ1v) is 10.7. The number of aryl methyl sites for hydroxylation is 2. The molecule has 4 rings (SSSR count). The van der Waals surface area contributed by atoms with E-state index in [2.05, 4.69) is 16.5 Å². The number of anilines is 1. The maximum Gasteiger partial charge on any atom is 0.266 e. The molecular formula is C24H22FN3O2S. The number of halogens is 1. The SMILES string of the molecule is Cc1ccc(OCc2csc(C(=O)Nc3ccn(Cc4ccc(F)cc4)n3)c2)c(C)c1. The van der Waals surface area contributed by atoms with Crippen molar-refractivity contribution in [3.63, 3.8) is 0 Å². The summed E-state index contributed by atoms with van der Waals surface area (Å²) >= 11 is 1.37. The number of carbonyl (C=O) groups excluding carboxylic acids is 1. The number of aromatic nitrogens is 2. The van der Waals surface area contributed by atoms with Crippen LogP contribution in [0.4, 0.5) is 10.2 Å². The van der Waals surface area contributed by atoms with Gasteiger partial charge in [0, 0.05) is 17.8 Å². The zero-order valence-electron chi connectivity index (χ0n) is 17.3. The molecule has 0 radical (unpaired) electrons. The molecule has 0 aliphatic rings. The van der Waals surface area contributed by atoms with E-state index in [9.17, 15) is 9.18 Å². The molecule has 2 aromatic carbocycles. The summed E-state index contributed by atoms with van der Waals surface area (Å²) in [5.74, 6) is 0.824. The van der Waals surface area contributed by atoms with E-state index in [1.54, 1.807) is 29.1 Å². The third-order valence-corrected chi connectivity index (χ3v) is 5.72. The van der Waals surface area contributed by atoms with Crippen LogP contribution in [-0.4, -0.2) is 15.7 Å². The first-order chi connectivity index (χ1) is 15.0. The van der Waals surface area contributed by atoms with E-state index in [-0.39, 0.29) is 11.7 Å². The summed E-state index contributed by atoms with van der Waals surface area (Å²) < 4.78 is 20.6. The normalized spacial score (nSPS) is 10.8. The lowest BCUT2D eigenvalue weighted by Crippen LogP contribution is -2.11. The Balaban J connectivity index is 1.33. The number of benzene rings is 2. The van der Waals surface area contributed by atoms with Gasteiger partial charge < -0.3 is 10.1 Å². The Hall–Kier alpha value is -3.45. The molecule has 1 amide bonds. The summed E-state index contributed by atoms with van der Waals surface area (Å²) in [7, 11) is 0. The van der Waals surface area contributed by atoms with Gasteiger partial charge >= 0.3 is 0 Å². The van der Waals surface area contributed by atoms with Gasteiger partial charge in [0.25, 0.3) is 5.91 Å². The fourth-order valence-electron chi connectivity index (χ4n) is 3.16. The fourth-order valence-corrected chi connectivity index (χ4v) is 3.96. The number of hydrogen-bond acceptors (Lipinski definition) is 4. The lowest BCUT2D eigenvalue weighted by Gasteiger charge is -2.08. The number of ether oxygens (including phenoxy) is 1. The van der Waals surface area contributed by atoms with Crippen LogP contribution in [0.15, 0.2) is 66.2 Å². The molecule has 0 bridgehead atoms. The van der Waals surface area contributed by atoms with Gasteiger partial charge in [-0.15, -0.1) is 11.3 Å². The Morgan fingerprint density at radius 3 is 2.68 bits per heavy atom. The van der Waals surface area contributed by atoms with E-state index in [4.69, 9.17) is 4.74 Å². The molecule has 31 heavy (non-hydrogen) atoms. The minimum atomic E-state index is -0.271. The molecule has 1 N–H and O–H groups in total. The van der Waals surface area contributed by atoms with Crippen LogP contribution >= 0.6 is 11.3 Å². The van der Waals surface area contributed by atoms with Gasteiger partial charge in [-0.3, -0.25) is 9.48 Å². The van der Waals surface area contributed by atoms with Gasteiger partial charge in [-0.05, 0) is 54.6 Å². The number of nitrogens with one attached hydrogen (secondary N) is 1. The smallest absolute Gasteiger partial charge is 0.266 e. The summed E-state index contributed by atoms with van der Waals surface area (Å²) in [5, 5.41) is 9.10. The van der Waals surface area contributed by atoms with Crippen molar-refractivity contribution in [3.05, 3.63) is 99.1 Å². The summed E-state index contributed by atoms with van der Waals surface area (Å²) in [4.78, 5) is 13.2. The predicted molar refractivity (Wildman–Crippen MR) is 120 cm³/mol. The van der Waals surface area contributed by atoms with E-state index in [1.165, 1.54) is 29.0 Å². The second kappa shape index (κ2) is 9.14. The zero-order valence-corrected chi connectivity index (χ0v) is 18.1. The molecule has 4 aromatic rings. The van der Waals surface area contributed by atoms with Crippen molar-refractivity contribution in [2.45, 2.75) is 27.0 Å². The van der Waals surface area contributed by atoms with Crippen LogP contribution in [0.3, 0.4) is 0 Å². The Morgan fingerprint density at radius 1 is 1.10 bits per heavy atom. The maximum absolute atomic E-state index is 13.0. The molecule has 7 heteroatoms. The van der Waals surface area contributed by atoms with Crippen molar-refractivity contribution >= 4 is 23.1 Å². The van der Waals surface area contributed by atoms with Crippen molar-refractivity contribution in [1.82, 2.24) is 9.78 Å². The molecular weight excluding hydrogens is 413 g/mol. The van der Waals surface area contributed by atoms with Crippen LogP contribution in [0.2, 0.25) is 0 Å². The minimum absolute atomic E-state index is 0.213. The number of carbonyl (C=O) groups is 1. The Labute approximate surface area is 184 Å². The van der Waals surface area contributed by atoms with E-state index >= 15 is 0 Å². The van der Waals surface area contributed by atoms with Gasteiger partial charge in [0.15, 0.2) is 5.82 Å². The third kappa shape index (κ3) is 5.38. The van der Waals surface area contributed by atoms with Crippen molar-refractivity contribution < 1.29 is 13.9 Å². The summed E-state index contributed by atoms with van der Waals surface area (Å²) in [6, 6.07) is 15.9. The van der Waals surface area contributed by atoms with Gasteiger partial charge in [0.05, 0.1) is 11.4 Å². The molecule has 2 aromatic heterocycles. The van der Waals surface area contributed by atoms with Crippen molar-refractivity contribution in [1.29, 1.82) is 0 Å². The lowest BCUT2D eigenvalue weighted by atomic mass is 10.1. The highest BCUT2D eigenvalue weighted by Crippen LogP contribution is 2.22. The van der Waals surface area contributed by atoms with Crippen molar-refractivity contribution in [3.8, 4) is 5.75 Å². The van der Waals surface area contributed by atoms with Gasteiger partial charge in [-0.25, -0.2) is 4.39 Å². The number of nitrogens with zero attached hydrogens (tertiary/aromatic N) is 2. The highest BCUT2D eigenvalue weighted by atomic mass is 32.1. The van der Waals surface area contributed by atoms with Crippen molar-refractivity contribution in [2.24, 2.45) is 0 Å². The molecule has 0 saturated carbocycles. The van der Waals surface area contributed by atoms with Crippen LogP contribution in [0.25, 0.3) is 0 Å². The second-order valence-corrected chi connectivity index (χ2v) is 8.27.